The predicted octanol–water partition coefficient (Wildman–Crippen LogP) is 4.09. The molecule has 0 radical (unpaired) electrons. The summed E-state index contributed by atoms with van der Waals surface area (Å²) in [6.07, 6.45) is 0.855. The number of aromatic nitrogens is 1. The molecule has 3 atom stereocenters. The van der Waals surface area contributed by atoms with E-state index in [4.69, 9.17) is 11.6 Å². The van der Waals surface area contributed by atoms with Crippen molar-refractivity contribution in [1.82, 2.24) is 10.3 Å². The van der Waals surface area contributed by atoms with E-state index in [2.05, 4.69) is 10.3 Å². The summed E-state index contributed by atoms with van der Waals surface area (Å²) < 4.78 is 0. The highest BCUT2D eigenvalue weighted by Gasteiger charge is 2.45. The van der Waals surface area contributed by atoms with Crippen molar-refractivity contribution >= 4 is 28.8 Å². The van der Waals surface area contributed by atoms with Crippen molar-refractivity contribution in [2.75, 3.05) is 0 Å². The summed E-state index contributed by atoms with van der Waals surface area (Å²) in [6.45, 7) is 3.93. The van der Waals surface area contributed by atoms with Crippen LogP contribution in [0.4, 0.5) is 0 Å². The maximum Gasteiger partial charge on any atom is 0.224 e. The van der Waals surface area contributed by atoms with E-state index in [1.165, 1.54) is 4.88 Å². The van der Waals surface area contributed by atoms with E-state index >= 15 is 0 Å². The van der Waals surface area contributed by atoms with Crippen molar-refractivity contribution in [2.24, 2.45) is 5.92 Å². The normalized spacial score (nSPS) is 21.9. The van der Waals surface area contributed by atoms with Gasteiger partial charge in [0, 0.05) is 16.5 Å². The molecule has 0 bridgehead atoms. The first-order valence-electron chi connectivity index (χ1n) is 7.03. The third-order valence-corrected chi connectivity index (χ3v) is 5.23. The largest absolute Gasteiger partial charge is 0.349 e. The van der Waals surface area contributed by atoms with E-state index < -0.39 is 0 Å². The Morgan fingerprint density at radius 2 is 2.29 bits per heavy atom. The van der Waals surface area contributed by atoms with Crippen molar-refractivity contribution in [3.05, 3.63) is 50.9 Å². The lowest BCUT2D eigenvalue weighted by molar-refractivity contribution is -0.123. The molecule has 1 aliphatic carbocycles. The fourth-order valence-corrected chi connectivity index (χ4v) is 3.64. The number of hydrogen-bond acceptors (Lipinski definition) is 3. The molecule has 1 aliphatic rings. The maximum atomic E-state index is 12.3. The molecule has 1 saturated carbocycles. The summed E-state index contributed by atoms with van der Waals surface area (Å²) >= 11 is 7.84. The van der Waals surface area contributed by atoms with Gasteiger partial charge < -0.3 is 5.32 Å². The van der Waals surface area contributed by atoms with E-state index in [-0.39, 0.29) is 23.8 Å². The van der Waals surface area contributed by atoms with E-state index in [0.29, 0.717) is 5.15 Å². The van der Waals surface area contributed by atoms with Crippen LogP contribution in [0.2, 0.25) is 5.15 Å². The predicted molar refractivity (Wildman–Crippen MR) is 85.7 cm³/mol. The van der Waals surface area contributed by atoms with E-state index in [9.17, 15) is 4.79 Å². The van der Waals surface area contributed by atoms with Crippen LogP contribution in [0.3, 0.4) is 0 Å². The van der Waals surface area contributed by atoms with Gasteiger partial charge >= 0.3 is 0 Å². The number of thiophene rings is 1. The van der Waals surface area contributed by atoms with E-state index in [1.807, 2.05) is 43.5 Å². The lowest BCUT2D eigenvalue weighted by atomic mass is 10.1. The smallest absolute Gasteiger partial charge is 0.224 e. The van der Waals surface area contributed by atoms with Gasteiger partial charge in [-0.3, -0.25) is 4.79 Å². The lowest BCUT2D eigenvalue weighted by Crippen LogP contribution is -2.27. The molecule has 1 unspecified atom stereocenters. The highest BCUT2D eigenvalue weighted by atomic mass is 35.5. The van der Waals surface area contributed by atoms with Crippen LogP contribution in [0.5, 0.6) is 0 Å². The Bertz CT molecular complexity index is 656. The van der Waals surface area contributed by atoms with Gasteiger partial charge in [0.15, 0.2) is 0 Å². The molecule has 5 heteroatoms. The zero-order valence-corrected chi connectivity index (χ0v) is 13.5. The van der Waals surface area contributed by atoms with Gasteiger partial charge in [-0.25, -0.2) is 4.98 Å². The van der Waals surface area contributed by atoms with Crippen LogP contribution in [0, 0.1) is 12.8 Å². The van der Waals surface area contributed by atoms with Crippen LogP contribution in [0.1, 0.15) is 41.4 Å². The molecule has 2 aromatic rings. The molecule has 1 fully saturated rings. The number of hydrogen-bond donors (Lipinski definition) is 1. The van der Waals surface area contributed by atoms with Crippen molar-refractivity contribution in [3.63, 3.8) is 0 Å². The molecule has 3 rings (SSSR count). The first-order valence-corrected chi connectivity index (χ1v) is 8.29. The van der Waals surface area contributed by atoms with Gasteiger partial charge in [-0.15, -0.1) is 11.3 Å². The van der Waals surface area contributed by atoms with Crippen LogP contribution >= 0.6 is 22.9 Å². The summed E-state index contributed by atoms with van der Waals surface area (Å²) in [5, 5.41) is 5.64. The number of nitrogens with zero attached hydrogens (tertiary/aromatic N) is 1. The maximum absolute atomic E-state index is 12.3. The molecule has 1 N–H and O–H groups in total. The van der Waals surface area contributed by atoms with Crippen molar-refractivity contribution in [2.45, 2.75) is 32.2 Å². The summed E-state index contributed by atoms with van der Waals surface area (Å²) in [6, 6.07) is 8.04. The zero-order valence-electron chi connectivity index (χ0n) is 12.0. The van der Waals surface area contributed by atoms with Crippen LogP contribution in [0.25, 0.3) is 0 Å². The fourth-order valence-electron chi connectivity index (χ4n) is 2.57. The lowest BCUT2D eigenvalue weighted by Gasteiger charge is -2.12. The first-order chi connectivity index (χ1) is 10.1. The highest BCUT2D eigenvalue weighted by Crippen LogP contribution is 2.49. The molecule has 21 heavy (non-hydrogen) atoms. The molecule has 0 spiro atoms. The fraction of sp³-hybridized carbons (Fsp3) is 0.375. The quantitative estimate of drug-likeness (QED) is 0.862. The SMILES string of the molecule is Cc1ccc([C@@H]2C[C@H]2C(=O)NC(C)c2cccs2)c(Cl)n1. The minimum atomic E-state index is 0.0226. The van der Waals surface area contributed by atoms with Gasteiger partial charge in [-0.05, 0) is 49.3 Å². The van der Waals surface area contributed by atoms with Gasteiger partial charge in [-0.1, -0.05) is 23.7 Å². The Morgan fingerprint density at radius 3 is 2.95 bits per heavy atom. The zero-order chi connectivity index (χ0) is 15.0. The van der Waals surface area contributed by atoms with Crippen molar-refractivity contribution in [3.8, 4) is 0 Å². The van der Waals surface area contributed by atoms with Crippen LogP contribution in [0.15, 0.2) is 29.6 Å². The van der Waals surface area contributed by atoms with Crippen LogP contribution in [-0.2, 0) is 4.79 Å². The van der Waals surface area contributed by atoms with Crippen molar-refractivity contribution < 1.29 is 4.79 Å². The second-order valence-corrected chi connectivity index (χ2v) is 6.86. The number of nitrogens with one attached hydrogen (secondary N) is 1. The van der Waals surface area contributed by atoms with Crippen LogP contribution in [-0.4, -0.2) is 10.9 Å². The molecular formula is C16H17ClN2OS. The van der Waals surface area contributed by atoms with Gasteiger partial charge in [0.05, 0.1) is 6.04 Å². The van der Waals surface area contributed by atoms with Crippen molar-refractivity contribution in [1.29, 1.82) is 0 Å². The Morgan fingerprint density at radius 1 is 1.48 bits per heavy atom. The first kappa shape index (κ1) is 14.5. The number of amides is 1. The summed E-state index contributed by atoms with van der Waals surface area (Å²) in [5.41, 5.74) is 1.89. The molecule has 0 saturated heterocycles. The van der Waals surface area contributed by atoms with Gasteiger partial charge in [0.1, 0.15) is 5.15 Å². The third-order valence-electron chi connectivity index (χ3n) is 3.87. The van der Waals surface area contributed by atoms with E-state index in [0.717, 1.165) is 17.7 Å². The second kappa shape index (κ2) is 5.78. The Hall–Kier alpha value is -1.39. The molecule has 2 heterocycles. The average Bonchev–Trinajstić information content (AvgIpc) is 3.02. The van der Waals surface area contributed by atoms with E-state index in [1.54, 1.807) is 11.3 Å². The number of aryl methyl sites for hydroxylation is 1. The van der Waals surface area contributed by atoms with Gasteiger partial charge in [0.2, 0.25) is 5.91 Å². The molecule has 1 amide bonds. The number of halogens is 1. The highest BCUT2D eigenvalue weighted by molar-refractivity contribution is 7.10. The van der Waals surface area contributed by atoms with Gasteiger partial charge in [-0.2, -0.15) is 0 Å². The number of carbonyl (C=O) groups is 1. The minimum Gasteiger partial charge on any atom is -0.349 e. The monoisotopic (exact) mass is 320 g/mol. The summed E-state index contributed by atoms with van der Waals surface area (Å²) in [7, 11) is 0. The summed E-state index contributed by atoms with van der Waals surface area (Å²) in [4.78, 5) is 17.7. The molecule has 0 aliphatic heterocycles. The number of rotatable bonds is 4. The summed E-state index contributed by atoms with van der Waals surface area (Å²) in [5.74, 6) is 0.341. The average molecular weight is 321 g/mol. The number of carbonyl (C=O) groups excluding carboxylic acids is 1. The molecule has 0 aromatic carbocycles. The second-order valence-electron chi connectivity index (χ2n) is 5.53. The number of pyridine rings is 1. The topological polar surface area (TPSA) is 42.0 Å². The Balaban J connectivity index is 1.63. The molecule has 110 valence electrons. The van der Waals surface area contributed by atoms with Crippen LogP contribution < -0.4 is 5.32 Å². The Labute approximate surface area is 133 Å². The van der Waals surface area contributed by atoms with Gasteiger partial charge in [0.25, 0.3) is 0 Å². The third kappa shape index (κ3) is 3.11. The minimum absolute atomic E-state index is 0.0226. The molecule has 3 nitrogen and oxygen atoms in total. The standard InChI is InChI=1S/C16H17ClN2OS/c1-9-5-6-11(15(17)18-9)12-8-13(12)16(20)19-10(2)14-4-3-7-21-14/h3-7,10,12-13H,8H2,1-2H3,(H,19,20)/t10?,12-,13+/m0/s1. The Kier molecular flexibility index (Phi) is 4.00. The molecular weight excluding hydrogens is 304 g/mol. The molecule has 2 aromatic heterocycles.